The molecule has 0 saturated carbocycles. The molecule has 0 aliphatic carbocycles. The highest BCUT2D eigenvalue weighted by molar-refractivity contribution is 9.09. The molecule has 1 aromatic heterocycles. The van der Waals surface area contributed by atoms with Crippen molar-refractivity contribution in [1.29, 1.82) is 0 Å². The fourth-order valence-corrected chi connectivity index (χ4v) is 2.83. The van der Waals surface area contributed by atoms with Crippen molar-refractivity contribution in [3.63, 3.8) is 0 Å². The molecule has 2 unspecified atom stereocenters. The lowest BCUT2D eigenvalue weighted by molar-refractivity contribution is 0.0200. The summed E-state index contributed by atoms with van der Waals surface area (Å²) in [5, 5.41) is 0. The number of ether oxygens (including phenoxy) is 1. The van der Waals surface area contributed by atoms with E-state index in [2.05, 4.69) is 40.8 Å². The van der Waals surface area contributed by atoms with Gasteiger partial charge in [-0.15, -0.1) is 0 Å². The maximum absolute atomic E-state index is 5.84. The number of aromatic nitrogens is 1. The monoisotopic (exact) mass is 283 g/mol. The molecule has 0 bridgehead atoms. The first kappa shape index (κ1) is 12.1. The summed E-state index contributed by atoms with van der Waals surface area (Å²) in [4.78, 5) is 4.78. The Bertz CT molecular complexity index is 361. The van der Waals surface area contributed by atoms with Gasteiger partial charge in [0.2, 0.25) is 0 Å². The topological polar surface area (TPSA) is 22.1 Å². The van der Waals surface area contributed by atoms with Gasteiger partial charge >= 0.3 is 0 Å². The van der Waals surface area contributed by atoms with Crippen molar-refractivity contribution in [3.8, 4) is 0 Å². The van der Waals surface area contributed by atoms with Crippen LogP contribution in [0.15, 0.2) is 18.3 Å². The quantitative estimate of drug-likeness (QED) is 0.795. The van der Waals surface area contributed by atoms with Crippen LogP contribution < -0.4 is 0 Å². The first-order chi connectivity index (χ1) is 7.62. The number of hydrogen-bond acceptors (Lipinski definition) is 2. The van der Waals surface area contributed by atoms with Crippen LogP contribution >= 0.6 is 15.9 Å². The molecule has 1 aromatic rings. The van der Waals surface area contributed by atoms with Crippen LogP contribution in [0, 0.1) is 6.92 Å². The van der Waals surface area contributed by atoms with E-state index in [4.69, 9.17) is 4.74 Å². The van der Waals surface area contributed by atoms with Crippen molar-refractivity contribution < 1.29 is 4.74 Å². The van der Waals surface area contributed by atoms with E-state index in [0.717, 1.165) is 19.4 Å². The molecular weight excluding hydrogens is 266 g/mol. The lowest BCUT2D eigenvalue weighted by Gasteiger charge is -2.29. The fourth-order valence-electron chi connectivity index (χ4n) is 2.17. The van der Waals surface area contributed by atoms with Crippen LogP contribution in [0.4, 0.5) is 0 Å². The first-order valence-electron chi connectivity index (χ1n) is 5.80. The molecule has 0 spiro atoms. The van der Waals surface area contributed by atoms with Gasteiger partial charge in [-0.1, -0.05) is 22.0 Å². The van der Waals surface area contributed by atoms with Crippen molar-refractivity contribution >= 4 is 15.9 Å². The Kier molecular flexibility index (Phi) is 3.65. The Hall–Kier alpha value is -0.410. The van der Waals surface area contributed by atoms with Crippen molar-refractivity contribution in [2.24, 2.45) is 0 Å². The predicted octanol–water partition coefficient (Wildman–Crippen LogP) is 3.27. The summed E-state index contributed by atoms with van der Waals surface area (Å²) < 4.78 is 5.84. The van der Waals surface area contributed by atoms with Crippen LogP contribution in [0.1, 0.15) is 31.0 Å². The fraction of sp³-hybridized carbons (Fsp3) is 0.615. The summed E-state index contributed by atoms with van der Waals surface area (Å²) in [5.74, 6) is 0. The van der Waals surface area contributed by atoms with E-state index in [-0.39, 0.29) is 5.60 Å². The highest BCUT2D eigenvalue weighted by Gasteiger charge is 2.37. The number of hydrogen-bond donors (Lipinski definition) is 0. The van der Waals surface area contributed by atoms with Gasteiger partial charge < -0.3 is 4.74 Å². The van der Waals surface area contributed by atoms with Crippen molar-refractivity contribution in [3.05, 3.63) is 29.6 Å². The SMILES string of the molecule is Cc1cccnc1CC(Br)C1(C)CCCO1. The van der Waals surface area contributed by atoms with Crippen LogP contribution in [0.2, 0.25) is 0 Å². The normalized spacial score (nSPS) is 26.9. The van der Waals surface area contributed by atoms with Gasteiger partial charge in [0.05, 0.1) is 5.60 Å². The smallest absolute Gasteiger partial charge is 0.0783 e. The molecule has 0 N–H and O–H groups in total. The lowest BCUT2D eigenvalue weighted by Crippen LogP contribution is -2.36. The van der Waals surface area contributed by atoms with Gasteiger partial charge in [-0.2, -0.15) is 0 Å². The van der Waals surface area contributed by atoms with E-state index in [1.807, 2.05) is 12.3 Å². The summed E-state index contributed by atoms with van der Waals surface area (Å²) in [6.07, 6.45) is 5.09. The molecule has 1 saturated heterocycles. The highest BCUT2D eigenvalue weighted by Crippen LogP contribution is 2.34. The zero-order chi connectivity index (χ0) is 11.6. The maximum Gasteiger partial charge on any atom is 0.0783 e. The summed E-state index contributed by atoms with van der Waals surface area (Å²) in [6, 6.07) is 4.09. The second-order valence-electron chi connectivity index (χ2n) is 4.70. The molecule has 2 nitrogen and oxygen atoms in total. The molecule has 3 heteroatoms. The molecule has 16 heavy (non-hydrogen) atoms. The number of nitrogens with zero attached hydrogens (tertiary/aromatic N) is 1. The number of alkyl halides is 1. The van der Waals surface area contributed by atoms with Crippen LogP contribution in [-0.4, -0.2) is 22.0 Å². The van der Waals surface area contributed by atoms with E-state index in [1.54, 1.807) is 0 Å². The Morgan fingerprint density at radius 1 is 1.62 bits per heavy atom. The van der Waals surface area contributed by atoms with E-state index in [0.29, 0.717) is 4.83 Å². The van der Waals surface area contributed by atoms with Crippen LogP contribution in [-0.2, 0) is 11.2 Å². The second-order valence-corrected chi connectivity index (χ2v) is 5.81. The second kappa shape index (κ2) is 4.84. The molecular formula is C13H18BrNO. The van der Waals surface area contributed by atoms with Crippen molar-refractivity contribution in [1.82, 2.24) is 4.98 Å². The number of aryl methyl sites for hydroxylation is 1. The lowest BCUT2D eigenvalue weighted by atomic mass is 9.94. The average molecular weight is 284 g/mol. The predicted molar refractivity (Wildman–Crippen MR) is 69.0 cm³/mol. The van der Waals surface area contributed by atoms with Gasteiger partial charge in [0.15, 0.2) is 0 Å². The Labute approximate surface area is 106 Å². The third kappa shape index (κ3) is 2.46. The standard InChI is InChI=1S/C13H18BrNO/c1-10-5-3-7-15-11(10)9-12(14)13(2)6-4-8-16-13/h3,5,7,12H,4,6,8-9H2,1-2H3. The van der Waals surface area contributed by atoms with E-state index < -0.39 is 0 Å². The molecule has 1 fully saturated rings. The van der Waals surface area contributed by atoms with Crippen molar-refractivity contribution in [2.75, 3.05) is 6.61 Å². The third-order valence-corrected chi connectivity index (χ3v) is 4.69. The molecule has 0 aromatic carbocycles. The van der Waals surface area contributed by atoms with E-state index in [1.165, 1.54) is 17.7 Å². The van der Waals surface area contributed by atoms with Gasteiger partial charge in [-0.3, -0.25) is 4.98 Å². The third-order valence-electron chi connectivity index (χ3n) is 3.40. The van der Waals surface area contributed by atoms with Crippen LogP contribution in [0.5, 0.6) is 0 Å². The Morgan fingerprint density at radius 2 is 2.44 bits per heavy atom. The number of pyridine rings is 1. The number of rotatable bonds is 3. The van der Waals surface area contributed by atoms with Gasteiger partial charge in [0, 0.05) is 29.7 Å². The molecule has 2 rings (SSSR count). The van der Waals surface area contributed by atoms with Gasteiger partial charge in [0.1, 0.15) is 0 Å². The summed E-state index contributed by atoms with van der Waals surface area (Å²) in [5.41, 5.74) is 2.40. The van der Waals surface area contributed by atoms with Gasteiger partial charge in [-0.25, -0.2) is 0 Å². The zero-order valence-electron chi connectivity index (χ0n) is 9.87. The average Bonchev–Trinajstić information content (AvgIpc) is 2.70. The van der Waals surface area contributed by atoms with E-state index in [9.17, 15) is 0 Å². The van der Waals surface area contributed by atoms with Crippen molar-refractivity contribution in [2.45, 2.75) is 43.5 Å². The van der Waals surface area contributed by atoms with E-state index >= 15 is 0 Å². The highest BCUT2D eigenvalue weighted by atomic mass is 79.9. The molecule has 88 valence electrons. The first-order valence-corrected chi connectivity index (χ1v) is 6.72. The minimum Gasteiger partial charge on any atom is -0.374 e. The molecule has 2 heterocycles. The number of halogens is 1. The minimum atomic E-state index is -0.0238. The molecule has 1 aliphatic heterocycles. The Balaban J connectivity index is 2.07. The molecule has 1 aliphatic rings. The van der Waals surface area contributed by atoms with Crippen LogP contribution in [0.25, 0.3) is 0 Å². The Morgan fingerprint density at radius 3 is 3.06 bits per heavy atom. The summed E-state index contributed by atoms with van der Waals surface area (Å²) >= 11 is 3.77. The van der Waals surface area contributed by atoms with Crippen LogP contribution in [0.3, 0.4) is 0 Å². The molecule has 0 radical (unpaired) electrons. The summed E-state index contributed by atoms with van der Waals surface area (Å²) in [6.45, 7) is 5.19. The minimum absolute atomic E-state index is 0.0238. The zero-order valence-corrected chi connectivity index (χ0v) is 11.5. The maximum atomic E-state index is 5.84. The van der Waals surface area contributed by atoms with Gasteiger partial charge in [-0.05, 0) is 38.3 Å². The molecule has 2 atom stereocenters. The van der Waals surface area contributed by atoms with Gasteiger partial charge in [0.25, 0.3) is 0 Å². The molecule has 0 amide bonds. The largest absolute Gasteiger partial charge is 0.374 e. The summed E-state index contributed by atoms with van der Waals surface area (Å²) in [7, 11) is 0.